The summed E-state index contributed by atoms with van der Waals surface area (Å²) in [5.74, 6) is -0.598. The summed E-state index contributed by atoms with van der Waals surface area (Å²) in [7, 11) is 1.38. The summed E-state index contributed by atoms with van der Waals surface area (Å²) in [5.41, 5.74) is 1.02. The first-order chi connectivity index (χ1) is 12.6. The average molecular weight is 344 g/mol. The SMILES string of the molecule is COC(=O)[C@]12C=C/C(=C/c3ccccc3)[C@@]1(C(C)=O)[C@H]2c1ccccc1. The first-order valence-electron chi connectivity index (χ1n) is 8.70. The Kier molecular flexibility index (Phi) is 3.69. The predicted octanol–water partition coefficient (Wildman–Crippen LogP) is 4.17. The maximum atomic E-state index is 12.9. The van der Waals surface area contributed by atoms with Crippen molar-refractivity contribution in [3.05, 3.63) is 89.5 Å². The van der Waals surface area contributed by atoms with Gasteiger partial charge in [-0.15, -0.1) is 0 Å². The zero-order chi connectivity index (χ0) is 18.4. The number of carbonyl (C=O) groups is 2. The molecule has 0 aliphatic heterocycles. The highest BCUT2D eigenvalue weighted by Crippen LogP contribution is 2.82. The molecule has 0 radical (unpaired) electrons. The third-order valence-corrected chi connectivity index (χ3v) is 5.77. The van der Waals surface area contributed by atoms with Crippen molar-refractivity contribution in [2.24, 2.45) is 10.8 Å². The van der Waals surface area contributed by atoms with Gasteiger partial charge in [-0.25, -0.2) is 0 Å². The van der Waals surface area contributed by atoms with Crippen LogP contribution in [0.25, 0.3) is 6.08 Å². The Morgan fingerprint density at radius 1 is 1.00 bits per heavy atom. The molecular weight excluding hydrogens is 324 g/mol. The van der Waals surface area contributed by atoms with Crippen molar-refractivity contribution in [3.63, 3.8) is 0 Å². The van der Waals surface area contributed by atoms with Gasteiger partial charge in [-0.1, -0.05) is 78.9 Å². The third-order valence-electron chi connectivity index (χ3n) is 5.77. The molecule has 2 aromatic rings. The van der Waals surface area contributed by atoms with Crippen molar-refractivity contribution < 1.29 is 14.3 Å². The highest BCUT2D eigenvalue weighted by Gasteiger charge is 2.85. The zero-order valence-electron chi connectivity index (χ0n) is 14.8. The first kappa shape index (κ1) is 16.5. The van der Waals surface area contributed by atoms with Crippen LogP contribution in [0.4, 0.5) is 0 Å². The molecule has 3 heteroatoms. The maximum absolute atomic E-state index is 12.9. The molecule has 0 aromatic heterocycles. The minimum atomic E-state index is -0.949. The molecule has 0 heterocycles. The molecule has 4 rings (SSSR count). The second kappa shape index (κ2) is 5.80. The average Bonchev–Trinajstić information content (AvgIpc) is 3.19. The highest BCUT2D eigenvalue weighted by molar-refractivity contribution is 6.07. The number of esters is 1. The summed E-state index contributed by atoms with van der Waals surface area (Å²) in [4.78, 5) is 25.7. The second-order valence-corrected chi connectivity index (χ2v) is 6.91. The van der Waals surface area contributed by atoms with Gasteiger partial charge in [0.2, 0.25) is 0 Å². The van der Waals surface area contributed by atoms with Crippen LogP contribution in [-0.4, -0.2) is 18.9 Å². The quantitative estimate of drug-likeness (QED) is 0.782. The number of methoxy groups -OCH3 is 1. The molecule has 1 saturated carbocycles. The number of carbonyl (C=O) groups excluding carboxylic acids is 2. The van der Waals surface area contributed by atoms with Gasteiger partial charge in [0.15, 0.2) is 0 Å². The van der Waals surface area contributed by atoms with E-state index in [9.17, 15) is 9.59 Å². The summed E-state index contributed by atoms with van der Waals surface area (Å²) in [6, 6.07) is 19.6. The molecule has 1 fully saturated rings. The number of rotatable bonds is 4. The molecule has 2 aliphatic carbocycles. The van der Waals surface area contributed by atoms with Crippen LogP contribution < -0.4 is 0 Å². The summed E-state index contributed by atoms with van der Waals surface area (Å²) >= 11 is 0. The Morgan fingerprint density at radius 3 is 2.19 bits per heavy atom. The minimum Gasteiger partial charge on any atom is -0.468 e. The van der Waals surface area contributed by atoms with Gasteiger partial charge in [0.05, 0.1) is 12.5 Å². The second-order valence-electron chi connectivity index (χ2n) is 6.91. The molecule has 2 aromatic carbocycles. The lowest BCUT2D eigenvalue weighted by Gasteiger charge is -2.16. The number of hydrogen-bond acceptors (Lipinski definition) is 3. The van der Waals surface area contributed by atoms with Gasteiger partial charge < -0.3 is 4.74 Å². The minimum absolute atomic E-state index is 0.0102. The lowest BCUT2D eigenvalue weighted by Crippen LogP contribution is -2.26. The number of ether oxygens (including phenoxy) is 1. The Hall–Kier alpha value is -2.94. The molecule has 0 N–H and O–H groups in total. The summed E-state index contributed by atoms with van der Waals surface area (Å²) in [5, 5.41) is 0. The molecule has 3 nitrogen and oxygen atoms in total. The predicted molar refractivity (Wildman–Crippen MR) is 100 cm³/mol. The molecule has 0 saturated heterocycles. The van der Waals surface area contributed by atoms with E-state index >= 15 is 0 Å². The van der Waals surface area contributed by atoms with Crippen LogP contribution in [0.2, 0.25) is 0 Å². The fourth-order valence-electron chi connectivity index (χ4n) is 4.75. The number of ketones is 1. The fraction of sp³-hybridized carbons (Fsp3) is 0.217. The summed E-state index contributed by atoms with van der Waals surface area (Å²) in [6.07, 6.45) is 5.78. The van der Waals surface area contributed by atoms with Gasteiger partial charge in [-0.05, 0) is 23.6 Å². The van der Waals surface area contributed by atoms with Crippen LogP contribution in [0.1, 0.15) is 24.0 Å². The smallest absolute Gasteiger partial charge is 0.317 e. The van der Waals surface area contributed by atoms with E-state index < -0.39 is 10.8 Å². The van der Waals surface area contributed by atoms with Gasteiger partial charge in [0.1, 0.15) is 11.2 Å². The number of fused-ring (bicyclic) bond motifs is 1. The lowest BCUT2D eigenvalue weighted by molar-refractivity contribution is -0.147. The third kappa shape index (κ3) is 1.94. The number of benzene rings is 2. The van der Waals surface area contributed by atoms with E-state index in [2.05, 4.69) is 0 Å². The topological polar surface area (TPSA) is 43.4 Å². The van der Waals surface area contributed by atoms with Crippen LogP contribution >= 0.6 is 0 Å². The molecule has 0 bridgehead atoms. The lowest BCUT2D eigenvalue weighted by atomic mass is 9.85. The Morgan fingerprint density at radius 2 is 1.62 bits per heavy atom. The zero-order valence-corrected chi connectivity index (χ0v) is 14.8. The molecule has 0 amide bonds. The monoisotopic (exact) mass is 344 g/mol. The highest BCUT2D eigenvalue weighted by atomic mass is 16.5. The first-order valence-corrected chi connectivity index (χ1v) is 8.70. The van der Waals surface area contributed by atoms with Gasteiger partial charge in [-0.2, -0.15) is 0 Å². The van der Waals surface area contributed by atoms with Crippen molar-refractivity contribution in [2.75, 3.05) is 7.11 Å². The molecular formula is C23H20O3. The number of Topliss-reactive ketones (excluding diaryl/α,β-unsaturated/α-hetero) is 1. The Bertz CT molecular complexity index is 926. The molecule has 0 spiro atoms. The van der Waals surface area contributed by atoms with Gasteiger partial charge in [-0.3, -0.25) is 9.59 Å². The molecule has 3 atom stereocenters. The van der Waals surface area contributed by atoms with Crippen molar-refractivity contribution in [1.29, 1.82) is 0 Å². The molecule has 26 heavy (non-hydrogen) atoms. The van der Waals surface area contributed by atoms with E-state index in [0.29, 0.717) is 0 Å². The van der Waals surface area contributed by atoms with Crippen LogP contribution in [0.15, 0.2) is 78.4 Å². The van der Waals surface area contributed by atoms with Crippen molar-refractivity contribution in [2.45, 2.75) is 12.8 Å². The van der Waals surface area contributed by atoms with E-state index in [0.717, 1.165) is 16.7 Å². The Balaban J connectivity index is 1.91. The summed E-state index contributed by atoms with van der Waals surface area (Å²) in [6.45, 7) is 1.58. The van der Waals surface area contributed by atoms with E-state index in [-0.39, 0.29) is 17.7 Å². The largest absolute Gasteiger partial charge is 0.468 e. The number of hydrogen-bond donors (Lipinski definition) is 0. The standard InChI is InChI=1S/C23H20O3/c1-16(24)23-19(15-17-9-5-3-6-10-17)13-14-22(23,21(25)26-2)20(23)18-11-7-4-8-12-18/h3-15,20H,1-2H3/b19-15-/t20-,22+,23-/m0/s1. The Labute approximate surface area is 153 Å². The van der Waals surface area contributed by atoms with E-state index in [1.165, 1.54) is 7.11 Å². The van der Waals surface area contributed by atoms with E-state index in [1.54, 1.807) is 6.92 Å². The van der Waals surface area contributed by atoms with Crippen LogP contribution in [0.3, 0.4) is 0 Å². The van der Waals surface area contributed by atoms with Crippen molar-refractivity contribution >= 4 is 17.8 Å². The van der Waals surface area contributed by atoms with E-state index in [1.807, 2.05) is 78.9 Å². The normalized spacial score (nSPS) is 30.1. The number of allylic oxidation sites excluding steroid dienone is 2. The molecule has 130 valence electrons. The van der Waals surface area contributed by atoms with E-state index in [4.69, 9.17) is 4.74 Å². The molecule has 0 unspecified atom stereocenters. The van der Waals surface area contributed by atoms with Gasteiger partial charge in [0, 0.05) is 5.92 Å². The molecule has 2 aliphatic rings. The summed E-state index contributed by atoms with van der Waals surface area (Å²) < 4.78 is 5.13. The van der Waals surface area contributed by atoms with Gasteiger partial charge >= 0.3 is 5.97 Å². The van der Waals surface area contributed by atoms with Crippen LogP contribution in [0.5, 0.6) is 0 Å². The van der Waals surface area contributed by atoms with Crippen LogP contribution in [0, 0.1) is 10.8 Å². The fourth-order valence-corrected chi connectivity index (χ4v) is 4.75. The van der Waals surface area contributed by atoms with Crippen molar-refractivity contribution in [1.82, 2.24) is 0 Å². The van der Waals surface area contributed by atoms with Crippen LogP contribution in [-0.2, 0) is 14.3 Å². The maximum Gasteiger partial charge on any atom is 0.317 e. The van der Waals surface area contributed by atoms with Gasteiger partial charge in [0.25, 0.3) is 0 Å². The van der Waals surface area contributed by atoms with Crippen molar-refractivity contribution in [3.8, 4) is 0 Å².